The van der Waals surface area contributed by atoms with Gasteiger partial charge in [-0.2, -0.15) is 0 Å². The van der Waals surface area contributed by atoms with E-state index in [1.807, 2.05) is 32.0 Å². The Kier molecular flexibility index (Phi) is 10.4. The second-order valence-electron chi connectivity index (χ2n) is 7.46. The molecule has 0 spiro atoms. The third-order valence-electron chi connectivity index (χ3n) is 5.02. The monoisotopic (exact) mass is 382 g/mol. The van der Waals surface area contributed by atoms with Crippen molar-refractivity contribution in [1.29, 1.82) is 0 Å². The average molecular weight is 383 g/mol. The van der Waals surface area contributed by atoms with Gasteiger partial charge in [-0.15, -0.1) is 0 Å². The van der Waals surface area contributed by atoms with Gasteiger partial charge in [0.05, 0.1) is 37.6 Å². The molecule has 6 heteroatoms. The van der Waals surface area contributed by atoms with Crippen LogP contribution in [0, 0.1) is 0 Å². The van der Waals surface area contributed by atoms with Crippen molar-refractivity contribution in [3.63, 3.8) is 0 Å². The number of hydrogen-bond acceptors (Lipinski definition) is 6. The first-order chi connectivity index (χ1) is 12.4. The fourth-order valence-electron chi connectivity index (χ4n) is 3.29. The minimum atomic E-state index is -0.457. The fourth-order valence-corrected chi connectivity index (χ4v) is 3.29. The first-order valence-electron chi connectivity index (χ1n) is 9.52. The molecule has 6 nitrogen and oxygen atoms in total. The highest BCUT2D eigenvalue weighted by Gasteiger charge is 2.28. The molecule has 2 aliphatic heterocycles. The predicted octanol–water partition coefficient (Wildman–Crippen LogP) is 2.00. The van der Waals surface area contributed by atoms with Gasteiger partial charge in [-0.1, -0.05) is 37.8 Å². The number of benzene rings is 1. The van der Waals surface area contributed by atoms with Gasteiger partial charge in [0.2, 0.25) is 0 Å². The van der Waals surface area contributed by atoms with Crippen LogP contribution in [0.5, 0.6) is 0 Å². The standard InChI is InChI=1S/C14H21NO2.C6H13NO2.CH4/c1-10-8-13(14(16)9-17-10)15-11(2)12-6-4-3-5-7-12;1-4-2-5(7)6(8)3-9-4;/h3-7,10-11,13-16H,8-9H2,1-2H3;4-6,8H,2-3,7H2,1H3;1H4/t10-,11-,13-,14-;4-,5-,6-;/m00./s1. The smallest absolute Gasteiger partial charge is 0.0927 e. The zero-order valence-electron chi connectivity index (χ0n) is 16.0. The first-order valence-corrected chi connectivity index (χ1v) is 9.52. The normalized spacial score (nSPS) is 34.6. The van der Waals surface area contributed by atoms with Crippen molar-refractivity contribution in [2.24, 2.45) is 5.73 Å². The van der Waals surface area contributed by atoms with E-state index in [1.165, 1.54) is 5.56 Å². The van der Waals surface area contributed by atoms with Crippen molar-refractivity contribution < 1.29 is 19.7 Å². The summed E-state index contributed by atoms with van der Waals surface area (Å²) < 4.78 is 10.5. The Balaban J connectivity index is 0.000000310. The molecule has 2 aliphatic rings. The number of nitrogens with one attached hydrogen (secondary N) is 1. The first kappa shape index (κ1) is 24.0. The van der Waals surface area contributed by atoms with E-state index in [1.54, 1.807) is 0 Å². The zero-order valence-corrected chi connectivity index (χ0v) is 16.0. The maximum Gasteiger partial charge on any atom is 0.0927 e. The fraction of sp³-hybridized carbons (Fsp3) is 0.714. The van der Waals surface area contributed by atoms with E-state index >= 15 is 0 Å². The molecule has 0 saturated carbocycles. The molecule has 5 N–H and O–H groups in total. The molecule has 3 rings (SSSR count). The molecule has 7 atom stereocenters. The van der Waals surface area contributed by atoms with Gasteiger partial charge in [0.25, 0.3) is 0 Å². The second-order valence-corrected chi connectivity index (χ2v) is 7.46. The predicted molar refractivity (Wildman–Crippen MR) is 109 cm³/mol. The number of aliphatic hydroxyl groups excluding tert-OH is 2. The van der Waals surface area contributed by atoms with Crippen molar-refractivity contribution in [2.45, 2.75) is 83.6 Å². The van der Waals surface area contributed by atoms with E-state index < -0.39 is 12.2 Å². The Labute approximate surface area is 164 Å². The Morgan fingerprint density at radius 1 is 1.00 bits per heavy atom. The summed E-state index contributed by atoms with van der Waals surface area (Å²) in [5, 5.41) is 22.4. The van der Waals surface area contributed by atoms with Gasteiger partial charge >= 0.3 is 0 Å². The summed E-state index contributed by atoms with van der Waals surface area (Å²) in [5.74, 6) is 0. The van der Waals surface area contributed by atoms with Crippen LogP contribution in [0.4, 0.5) is 0 Å². The summed E-state index contributed by atoms with van der Waals surface area (Å²) in [6.45, 7) is 6.96. The molecule has 0 amide bonds. The molecule has 2 heterocycles. The third-order valence-corrected chi connectivity index (χ3v) is 5.02. The van der Waals surface area contributed by atoms with Crippen LogP contribution in [0.15, 0.2) is 30.3 Å². The molecule has 0 radical (unpaired) electrons. The van der Waals surface area contributed by atoms with Crippen molar-refractivity contribution in [1.82, 2.24) is 5.32 Å². The molecule has 0 bridgehead atoms. The van der Waals surface area contributed by atoms with E-state index in [9.17, 15) is 5.11 Å². The van der Waals surface area contributed by atoms with Gasteiger partial charge in [0, 0.05) is 18.1 Å². The van der Waals surface area contributed by atoms with Crippen LogP contribution < -0.4 is 11.1 Å². The van der Waals surface area contributed by atoms with Crippen LogP contribution in [0.25, 0.3) is 0 Å². The van der Waals surface area contributed by atoms with Gasteiger partial charge in [-0.05, 0) is 39.2 Å². The largest absolute Gasteiger partial charge is 0.389 e. The van der Waals surface area contributed by atoms with Gasteiger partial charge < -0.3 is 30.7 Å². The van der Waals surface area contributed by atoms with Crippen LogP contribution >= 0.6 is 0 Å². The van der Waals surface area contributed by atoms with Crippen molar-refractivity contribution >= 4 is 0 Å². The van der Waals surface area contributed by atoms with Gasteiger partial charge in [0.15, 0.2) is 0 Å². The highest BCUT2D eigenvalue weighted by Crippen LogP contribution is 2.19. The van der Waals surface area contributed by atoms with Crippen molar-refractivity contribution in [2.75, 3.05) is 13.2 Å². The Bertz CT molecular complexity index is 516. The lowest BCUT2D eigenvalue weighted by Crippen LogP contribution is -2.49. The Morgan fingerprint density at radius 2 is 1.56 bits per heavy atom. The molecule has 0 unspecified atom stereocenters. The number of hydrogen-bond donors (Lipinski definition) is 4. The molecule has 1 aromatic carbocycles. The van der Waals surface area contributed by atoms with Crippen LogP contribution in [0.3, 0.4) is 0 Å². The van der Waals surface area contributed by atoms with E-state index in [0.717, 1.165) is 12.8 Å². The Hall–Kier alpha value is -1.02. The van der Waals surface area contributed by atoms with Crippen LogP contribution in [-0.4, -0.2) is 59.9 Å². The SMILES string of the molecule is C.C[C@H](N[C@H]1C[C@H](C)OC[C@@H]1O)c1ccccc1.C[C@H]1C[C@H](N)[C@@H](O)CO1. The van der Waals surface area contributed by atoms with E-state index in [-0.39, 0.29) is 37.8 Å². The Morgan fingerprint density at radius 3 is 2.11 bits per heavy atom. The number of aliphatic hydroxyl groups is 2. The highest BCUT2D eigenvalue weighted by molar-refractivity contribution is 5.18. The molecule has 27 heavy (non-hydrogen) atoms. The third kappa shape index (κ3) is 7.86. The summed E-state index contributed by atoms with van der Waals surface area (Å²) in [4.78, 5) is 0. The molecule has 0 aromatic heterocycles. The summed E-state index contributed by atoms with van der Waals surface area (Å²) in [6.07, 6.45) is 1.19. The van der Waals surface area contributed by atoms with Gasteiger partial charge in [0.1, 0.15) is 0 Å². The summed E-state index contributed by atoms with van der Waals surface area (Å²) >= 11 is 0. The number of rotatable bonds is 3. The van der Waals surface area contributed by atoms with E-state index in [4.69, 9.17) is 20.3 Å². The summed E-state index contributed by atoms with van der Waals surface area (Å²) in [6, 6.07) is 10.6. The molecular formula is C21H38N2O4. The zero-order chi connectivity index (χ0) is 19.1. The molecule has 2 fully saturated rings. The van der Waals surface area contributed by atoms with E-state index in [2.05, 4.69) is 24.4 Å². The molecule has 156 valence electrons. The second kappa shape index (κ2) is 11.7. The maximum absolute atomic E-state index is 9.90. The average Bonchev–Trinajstić information content (AvgIpc) is 2.63. The minimum absolute atomic E-state index is 0. The number of nitrogens with two attached hydrogens (primary N) is 1. The molecular weight excluding hydrogens is 344 g/mol. The van der Waals surface area contributed by atoms with Crippen LogP contribution in [0.2, 0.25) is 0 Å². The van der Waals surface area contributed by atoms with Gasteiger partial charge in [-0.3, -0.25) is 0 Å². The lowest BCUT2D eigenvalue weighted by molar-refractivity contribution is -0.0681. The molecule has 0 aliphatic carbocycles. The lowest BCUT2D eigenvalue weighted by atomic mass is 9.99. The quantitative estimate of drug-likeness (QED) is 0.638. The van der Waals surface area contributed by atoms with Crippen LogP contribution in [-0.2, 0) is 9.47 Å². The summed E-state index contributed by atoms with van der Waals surface area (Å²) in [7, 11) is 0. The molecule has 1 aromatic rings. The lowest BCUT2D eigenvalue weighted by Gasteiger charge is -2.34. The van der Waals surface area contributed by atoms with Crippen LogP contribution in [0.1, 0.15) is 52.6 Å². The molecule has 2 saturated heterocycles. The highest BCUT2D eigenvalue weighted by atomic mass is 16.5. The van der Waals surface area contributed by atoms with Gasteiger partial charge in [-0.25, -0.2) is 0 Å². The maximum atomic E-state index is 9.90. The van der Waals surface area contributed by atoms with E-state index in [0.29, 0.717) is 13.2 Å². The van der Waals surface area contributed by atoms with Crippen molar-refractivity contribution in [3.05, 3.63) is 35.9 Å². The topological polar surface area (TPSA) is 97.0 Å². The van der Waals surface area contributed by atoms with Crippen molar-refractivity contribution in [3.8, 4) is 0 Å². The summed E-state index contributed by atoms with van der Waals surface area (Å²) in [5.41, 5.74) is 6.79. The minimum Gasteiger partial charge on any atom is -0.389 e. The number of ether oxygens (including phenoxy) is 2.